The van der Waals surface area contributed by atoms with Crippen molar-refractivity contribution in [2.24, 2.45) is 29.4 Å². The fourth-order valence-electron chi connectivity index (χ4n) is 11.5. The fraction of sp³-hybridized carbons (Fsp3) is 0.672. The summed E-state index contributed by atoms with van der Waals surface area (Å²) in [6.07, 6.45) is 12.1. The van der Waals surface area contributed by atoms with E-state index in [9.17, 15) is 48.3 Å². The highest BCUT2D eigenvalue weighted by Crippen LogP contribution is 2.47. The normalized spacial score (nSPS) is 22.4. The van der Waals surface area contributed by atoms with Crippen LogP contribution in [0.2, 0.25) is 0 Å². The molecule has 1 aromatic rings. The minimum atomic E-state index is -1.06. The monoisotopic (exact) mass is 1250 g/mol. The molecule has 3 fully saturated rings. The molecule has 10 amide bonds. The predicted octanol–water partition coefficient (Wildman–Crippen LogP) is 5.39. The van der Waals surface area contributed by atoms with E-state index in [2.05, 4.69) is 79.4 Å². The van der Waals surface area contributed by atoms with Crippen LogP contribution in [0, 0.1) is 23.7 Å². The van der Waals surface area contributed by atoms with E-state index in [4.69, 9.17) is 34.2 Å². The highest BCUT2D eigenvalue weighted by Gasteiger charge is 2.57. The number of hydrogen-bond acceptors (Lipinski definition) is 16. The Morgan fingerprint density at radius 1 is 0.820 bits per heavy atom. The van der Waals surface area contributed by atoms with E-state index in [1.165, 1.54) is 22.0 Å². The minimum Gasteiger partial charge on any atom is -0.447 e. The van der Waals surface area contributed by atoms with E-state index in [1.54, 1.807) is 52.1 Å². The molecule has 3 saturated heterocycles. The summed E-state index contributed by atoms with van der Waals surface area (Å²) >= 11 is 0. The lowest BCUT2D eigenvalue weighted by Crippen LogP contribution is -2.54. The summed E-state index contributed by atoms with van der Waals surface area (Å²) < 4.78 is 34.8. The highest BCUT2D eigenvalue weighted by molar-refractivity contribution is 6.12. The van der Waals surface area contributed by atoms with Gasteiger partial charge in [-0.25, -0.2) is 14.4 Å². The van der Waals surface area contributed by atoms with Gasteiger partial charge in [-0.2, -0.15) is 0 Å². The standard InChI is InChI=1S/C64H99N9O16/c1-41(2)55(70-52(76)19-11-10-12-32-73-53(77)26-27-54(73)78)60(80)69-50(18-14-29-66-61(65)81)59(79)68-48-23-21-47(22-24-48)40-87-63(83)72-31-15-30-71(33-34-72)62(82)86-37-36-85-35-28-51(75)67-39-49-25-20-44(5)56(88-49)43(4)17-13-16-42(3)38-64(8)58(89-64)45(6)57(84-9)46(7)74/h13,16-17,21-24,26-27,41-42,44-46,49-50,55-58,74H,10-12,14-15,18-20,25,28-40H2,1-9H3,(H,67,75)(H,68,79)(H,69,80)(H,70,76)(H3,65,66,81)/b16-13+,43-17+/t42-,44+,45-,46-,49-,50+,55+,56-,57-,58-,64-/m1/s1. The van der Waals surface area contributed by atoms with Gasteiger partial charge in [-0.15, -0.1) is 0 Å². The van der Waals surface area contributed by atoms with Gasteiger partial charge < -0.3 is 75.6 Å². The van der Waals surface area contributed by atoms with Crippen LogP contribution in [0.25, 0.3) is 0 Å². The first-order chi connectivity index (χ1) is 42.4. The fourth-order valence-corrected chi connectivity index (χ4v) is 11.5. The summed E-state index contributed by atoms with van der Waals surface area (Å²) in [5, 5.41) is 23.9. The third kappa shape index (κ3) is 24.4. The van der Waals surface area contributed by atoms with E-state index in [0.29, 0.717) is 62.5 Å². The summed E-state index contributed by atoms with van der Waals surface area (Å²) in [6, 6.07) is 3.82. The van der Waals surface area contributed by atoms with Gasteiger partial charge in [-0.1, -0.05) is 71.4 Å². The van der Waals surface area contributed by atoms with Crippen molar-refractivity contribution in [2.75, 3.05) is 78.1 Å². The zero-order valence-corrected chi connectivity index (χ0v) is 53.6. The van der Waals surface area contributed by atoms with Gasteiger partial charge in [0.25, 0.3) is 11.8 Å². The SMILES string of the molecule is CO[C@H]([C@@H](C)[C@H]1O[C@]1(C)C[C@H](C)/C=C/C=C(\C)[C@H]1O[C@@H](CNC(=O)CCOCCOC(=O)N2CCCN(C(=O)OCc3ccc(NC(=O)[C@H](CCCNC(N)=O)NC(=O)[C@@H](NC(=O)CCCCCN4C(=O)C=CC4=O)C(C)C)cc3)CC2)CC[C@@H]1C)[C@@H](C)O. The van der Waals surface area contributed by atoms with Crippen LogP contribution in [-0.2, 0) is 63.8 Å². The van der Waals surface area contributed by atoms with Crippen molar-refractivity contribution in [3.8, 4) is 0 Å². The molecular formula is C64H99N9O16. The quantitative estimate of drug-likeness (QED) is 0.0194. The van der Waals surface area contributed by atoms with E-state index < -0.39 is 48.2 Å². The lowest BCUT2D eigenvalue weighted by atomic mass is 9.85. The lowest BCUT2D eigenvalue weighted by Gasteiger charge is -2.35. The van der Waals surface area contributed by atoms with E-state index in [-0.39, 0.29) is 150 Å². The molecule has 11 atom stereocenters. The Morgan fingerprint density at radius 3 is 2.16 bits per heavy atom. The van der Waals surface area contributed by atoms with Crippen LogP contribution >= 0.6 is 0 Å². The second-order valence-corrected chi connectivity index (χ2v) is 24.5. The maximum atomic E-state index is 13.7. The number of hydrogen-bond donors (Lipinski definition) is 7. The number of methoxy groups -OCH3 is 1. The number of amides is 10. The molecule has 0 unspecified atom stereocenters. The van der Waals surface area contributed by atoms with Crippen LogP contribution in [0.5, 0.6) is 0 Å². The zero-order valence-electron chi connectivity index (χ0n) is 53.6. The number of carbonyl (C=O) groups excluding carboxylic acids is 9. The van der Waals surface area contributed by atoms with Crippen molar-refractivity contribution in [3.05, 3.63) is 65.8 Å². The number of primary amides is 1. The average molecular weight is 1250 g/mol. The van der Waals surface area contributed by atoms with Crippen molar-refractivity contribution >= 4 is 59.3 Å². The number of anilines is 1. The molecule has 0 bridgehead atoms. The lowest BCUT2D eigenvalue weighted by molar-refractivity contribution is -0.137. The number of carbonyl (C=O) groups is 9. The van der Waals surface area contributed by atoms with Gasteiger partial charge in [0.05, 0.1) is 49.3 Å². The van der Waals surface area contributed by atoms with Crippen LogP contribution in [0.15, 0.2) is 60.2 Å². The Balaban J connectivity index is 0.946. The van der Waals surface area contributed by atoms with Gasteiger partial charge in [-0.3, -0.25) is 33.7 Å². The third-order valence-corrected chi connectivity index (χ3v) is 16.6. The molecule has 0 aliphatic carbocycles. The van der Waals surface area contributed by atoms with Crippen LogP contribution in [0.3, 0.4) is 0 Å². The van der Waals surface area contributed by atoms with Crippen molar-refractivity contribution in [1.82, 2.24) is 36.0 Å². The summed E-state index contributed by atoms with van der Waals surface area (Å²) in [7, 11) is 1.62. The number of urea groups is 1. The molecule has 5 rings (SSSR count). The Morgan fingerprint density at radius 2 is 1.51 bits per heavy atom. The number of unbranched alkanes of at least 4 members (excludes halogenated alkanes) is 2. The Hall–Kier alpha value is -6.93. The molecule has 25 nitrogen and oxygen atoms in total. The number of allylic oxidation sites excluding steroid dienone is 3. The number of nitrogens with one attached hydrogen (secondary N) is 5. The Labute approximate surface area is 524 Å². The van der Waals surface area contributed by atoms with Crippen LogP contribution in [-0.4, -0.2) is 194 Å². The molecule has 0 saturated carbocycles. The number of aliphatic hydroxyl groups is 1. The number of nitrogens with two attached hydrogens (primary N) is 1. The summed E-state index contributed by atoms with van der Waals surface area (Å²) in [5.41, 5.74) is 7.10. The number of aliphatic hydroxyl groups excluding tert-OH is 1. The Kier molecular flexibility index (Phi) is 30.0. The number of rotatable bonds is 35. The van der Waals surface area contributed by atoms with Gasteiger partial charge >= 0.3 is 18.2 Å². The van der Waals surface area contributed by atoms with Gasteiger partial charge in [0, 0.05) is 89.5 Å². The van der Waals surface area contributed by atoms with Gasteiger partial charge in [0.15, 0.2) is 0 Å². The summed E-state index contributed by atoms with van der Waals surface area (Å²) in [5.74, 6) is -2.05. The molecule has 4 heterocycles. The van der Waals surface area contributed by atoms with Crippen molar-refractivity contribution in [1.29, 1.82) is 0 Å². The second-order valence-electron chi connectivity index (χ2n) is 24.5. The number of imide groups is 1. The second kappa shape index (κ2) is 36.7. The van der Waals surface area contributed by atoms with Gasteiger partial charge in [0.1, 0.15) is 25.3 Å². The molecule has 4 aliphatic heterocycles. The summed E-state index contributed by atoms with van der Waals surface area (Å²) in [4.78, 5) is 118. The maximum Gasteiger partial charge on any atom is 0.410 e. The predicted molar refractivity (Wildman–Crippen MR) is 331 cm³/mol. The van der Waals surface area contributed by atoms with Crippen molar-refractivity contribution in [3.63, 3.8) is 0 Å². The first kappa shape index (κ1) is 72.8. The number of ether oxygens (including phenoxy) is 6. The molecule has 8 N–H and O–H groups in total. The van der Waals surface area contributed by atoms with Crippen molar-refractivity contribution in [2.45, 2.75) is 181 Å². The Bertz CT molecular complexity index is 2600. The molecule has 0 spiro atoms. The minimum absolute atomic E-state index is 0.0123. The smallest absolute Gasteiger partial charge is 0.410 e. The van der Waals surface area contributed by atoms with Crippen LogP contribution < -0.4 is 32.3 Å². The first-order valence-electron chi connectivity index (χ1n) is 31.5. The van der Waals surface area contributed by atoms with E-state index in [1.807, 2.05) is 0 Å². The summed E-state index contributed by atoms with van der Waals surface area (Å²) in [6.45, 7) is 18.0. The zero-order chi connectivity index (χ0) is 65.2. The van der Waals surface area contributed by atoms with E-state index in [0.717, 1.165) is 29.7 Å². The molecular weight excluding hydrogens is 1150 g/mol. The average Bonchev–Trinajstić information content (AvgIpc) is 1.61. The maximum absolute atomic E-state index is 13.7. The van der Waals surface area contributed by atoms with Gasteiger partial charge in [-0.05, 0) is 113 Å². The molecule has 496 valence electrons. The van der Waals surface area contributed by atoms with Gasteiger partial charge in [0.2, 0.25) is 23.6 Å². The number of benzene rings is 1. The van der Waals surface area contributed by atoms with Crippen LogP contribution in [0.1, 0.15) is 132 Å². The molecule has 89 heavy (non-hydrogen) atoms. The van der Waals surface area contributed by atoms with Crippen LogP contribution in [0.4, 0.5) is 20.1 Å². The van der Waals surface area contributed by atoms with E-state index >= 15 is 0 Å². The highest BCUT2D eigenvalue weighted by atomic mass is 16.6. The van der Waals surface area contributed by atoms with Crippen molar-refractivity contribution < 1.29 is 76.7 Å². The molecule has 4 aliphatic rings. The molecule has 0 radical (unpaired) electrons. The molecule has 0 aromatic heterocycles. The molecule has 1 aromatic carbocycles. The largest absolute Gasteiger partial charge is 0.447 e. The molecule has 25 heteroatoms. The first-order valence-corrected chi connectivity index (χ1v) is 31.5. The number of epoxide rings is 1. The third-order valence-electron chi connectivity index (χ3n) is 16.6. The number of nitrogens with zero attached hydrogens (tertiary/aromatic N) is 3. The topological polar surface area (TPSA) is 328 Å².